The molecule has 82 heavy (non-hydrogen) atoms. The van der Waals surface area contributed by atoms with Gasteiger partial charge in [0.15, 0.2) is 0 Å². The summed E-state index contributed by atoms with van der Waals surface area (Å²) in [5, 5.41) is 2.22. The molecule has 0 bridgehead atoms. The molecule has 10 aromatic rings. The highest BCUT2D eigenvalue weighted by atomic mass is 16.3. The third kappa shape index (κ3) is 7.63. The zero-order valence-electron chi connectivity index (χ0n) is 51.2. The number of anilines is 9. The van der Waals surface area contributed by atoms with Gasteiger partial charge in [-0.2, -0.15) is 0 Å². The minimum absolute atomic E-state index is 0.0106. The second-order valence-corrected chi connectivity index (χ2v) is 29.1. The Labute approximate surface area is 487 Å². The van der Waals surface area contributed by atoms with Gasteiger partial charge in [0.05, 0.1) is 11.1 Å². The maximum absolute atomic E-state index is 6.78. The Balaban J connectivity index is 1.10. The van der Waals surface area contributed by atoms with Crippen molar-refractivity contribution in [2.75, 3.05) is 14.7 Å². The smallest absolute Gasteiger partial charge is 0.252 e. The first kappa shape index (κ1) is 52.3. The van der Waals surface area contributed by atoms with Gasteiger partial charge in [-0.3, -0.25) is 0 Å². The Hall–Kier alpha value is -7.76. The molecule has 14 rings (SSSR count). The lowest BCUT2D eigenvalue weighted by atomic mass is 9.33. The van der Waals surface area contributed by atoms with Gasteiger partial charge in [0, 0.05) is 61.7 Å². The van der Waals surface area contributed by atoms with Crippen LogP contribution in [0.4, 0.5) is 51.2 Å². The molecule has 3 heterocycles. The highest BCUT2D eigenvalue weighted by Crippen LogP contribution is 2.56. The lowest BCUT2D eigenvalue weighted by Crippen LogP contribution is -2.62. The molecule has 0 amide bonds. The van der Waals surface area contributed by atoms with Crippen molar-refractivity contribution in [3.05, 3.63) is 225 Å². The molecule has 0 unspecified atom stereocenters. The molecule has 0 fully saturated rings. The molecule has 4 aliphatic rings. The molecular weight excluding hydrogens is 994 g/mol. The first-order chi connectivity index (χ1) is 38.7. The van der Waals surface area contributed by atoms with E-state index in [1.807, 2.05) is 0 Å². The van der Waals surface area contributed by atoms with Crippen LogP contribution >= 0.6 is 0 Å². The third-order valence-electron chi connectivity index (χ3n) is 19.7. The monoisotopic (exact) mass is 1070 g/mol. The predicted molar refractivity (Wildman–Crippen MR) is 351 cm³/mol. The SMILES string of the molecule is Cc1cc2c3c(c1)N(c1cccc4oc5ccccc5c14)c1cc(N(c4ccc(C(C)(C)C)cc4)c4ccc(C(C)(C)C)cc4)ccc1B3c1cc3c(cc1N2c1cc2c(cc1C)C(C)(C)CC2(C)C)C(C)(C)c1ccccc1C3(C)C. The number of para-hydroxylation sites is 1. The Morgan fingerprint density at radius 2 is 0.927 bits per heavy atom. The van der Waals surface area contributed by atoms with E-state index in [0.29, 0.717) is 0 Å². The number of fused-ring (bicyclic) bond motifs is 10. The fourth-order valence-corrected chi connectivity index (χ4v) is 15.7. The van der Waals surface area contributed by atoms with Crippen molar-refractivity contribution in [1.82, 2.24) is 0 Å². The summed E-state index contributed by atoms with van der Waals surface area (Å²) < 4.78 is 6.78. The Kier molecular flexibility index (Phi) is 11.1. The number of benzene rings is 9. The summed E-state index contributed by atoms with van der Waals surface area (Å²) in [5.41, 5.74) is 29.5. The minimum Gasteiger partial charge on any atom is -0.456 e. The van der Waals surface area contributed by atoms with Crippen LogP contribution in [0, 0.1) is 13.8 Å². The first-order valence-corrected chi connectivity index (χ1v) is 30.0. The zero-order valence-corrected chi connectivity index (χ0v) is 51.2. The van der Waals surface area contributed by atoms with Crippen LogP contribution in [-0.4, -0.2) is 6.71 Å². The molecule has 9 aromatic carbocycles. The van der Waals surface area contributed by atoms with E-state index in [2.05, 4.69) is 295 Å². The lowest BCUT2D eigenvalue weighted by Gasteiger charge is -2.48. The minimum atomic E-state index is -0.256. The molecule has 0 radical (unpaired) electrons. The van der Waals surface area contributed by atoms with Gasteiger partial charge >= 0.3 is 0 Å². The van der Waals surface area contributed by atoms with Crippen LogP contribution in [-0.2, 0) is 32.5 Å². The van der Waals surface area contributed by atoms with E-state index in [-0.39, 0.29) is 39.2 Å². The maximum atomic E-state index is 6.78. The summed E-state index contributed by atoms with van der Waals surface area (Å²) in [7, 11) is 0. The van der Waals surface area contributed by atoms with E-state index in [0.717, 1.165) is 56.8 Å². The van der Waals surface area contributed by atoms with E-state index in [9.17, 15) is 0 Å². The molecule has 0 N–H and O–H groups in total. The van der Waals surface area contributed by atoms with Gasteiger partial charge in [0.1, 0.15) is 11.2 Å². The third-order valence-corrected chi connectivity index (χ3v) is 19.7. The summed E-state index contributed by atoms with van der Waals surface area (Å²) in [4.78, 5) is 7.78. The number of nitrogens with zero attached hydrogens (tertiary/aromatic N) is 3. The summed E-state index contributed by atoms with van der Waals surface area (Å²) in [6, 6.07) is 65.8. The molecule has 0 spiro atoms. The molecule has 2 aliphatic heterocycles. The number of hydrogen-bond acceptors (Lipinski definition) is 4. The van der Waals surface area contributed by atoms with Crippen molar-refractivity contribution < 1.29 is 4.42 Å². The average Bonchev–Trinajstić information content (AvgIpc) is 2.01. The van der Waals surface area contributed by atoms with Gasteiger partial charge in [-0.25, -0.2) is 0 Å². The summed E-state index contributed by atoms with van der Waals surface area (Å²) in [6.07, 6.45) is 1.11. The quantitative estimate of drug-likeness (QED) is 0.160. The molecule has 0 saturated heterocycles. The number of rotatable bonds is 5. The van der Waals surface area contributed by atoms with Crippen molar-refractivity contribution in [3.8, 4) is 0 Å². The Bertz CT molecular complexity index is 4250. The largest absolute Gasteiger partial charge is 0.456 e. The molecule has 0 atom stereocenters. The van der Waals surface area contributed by atoms with Crippen molar-refractivity contribution in [3.63, 3.8) is 0 Å². The lowest BCUT2D eigenvalue weighted by molar-refractivity contribution is 0.403. The molecule has 410 valence electrons. The highest BCUT2D eigenvalue weighted by Gasteiger charge is 2.49. The van der Waals surface area contributed by atoms with E-state index >= 15 is 0 Å². The van der Waals surface area contributed by atoms with E-state index in [4.69, 9.17) is 4.42 Å². The normalized spacial score (nSPS) is 16.8. The van der Waals surface area contributed by atoms with Gasteiger partial charge in [-0.1, -0.05) is 188 Å². The molecule has 5 heteroatoms. The number of furan rings is 1. The van der Waals surface area contributed by atoms with Crippen molar-refractivity contribution >= 4 is 96.2 Å². The number of hydrogen-bond donors (Lipinski definition) is 0. The van der Waals surface area contributed by atoms with Crippen LogP contribution in [0.1, 0.15) is 159 Å². The van der Waals surface area contributed by atoms with Crippen LogP contribution in [0.5, 0.6) is 0 Å². The zero-order chi connectivity index (χ0) is 57.5. The Morgan fingerprint density at radius 3 is 1.52 bits per heavy atom. The van der Waals surface area contributed by atoms with Crippen molar-refractivity contribution in [2.45, 2.75) is 150 Å². The maximum Gasteiger partial charge on any atom is 0.252 e. The summed E-state index contributed by atoms with van der Waals surface area (Å²) in [5.74, 6) is 0. The number of aryl methyl sites for hydroxylation is 2. The van der Waals surface area contributed by atoms with E-state index in [1.165, 1.54) is 94.8 Å². The van der Waals surface area contributed by atoms with Gasteiger partial charge in [0.2, 0.25) is 0 Å². The standard InChI is InChI=1S/C77H78BN3O/c1-46-38-66-71-67(39-46)81(63-43-57-56(40-47(63)2)74(9,10)45-75(57,11)12)65-44-59-58(76(13,14)54-23-18-19-24-55(54)77(59,15)16)42-61(65)78(71)60-37-36-52(41-64(60)80(66)62-25-21-27-69-70(62)53-22-17-20-26-68(53)82-69)79(50-32-28-48(29-33-50)72(3,4)5)51-34-30-49(31-35-51)73(6,7)8/h17-44H,45H2,1-16H3. The topological polar surface area (TPSA) is 22.9 Å². The van der Waals surface area contributed by atoms with Crippen LogP contribution in [0.25, 0.3) is 21.9 Å². The second-order valence-electron chi connectivity index (χ2n) is 29.1. The van der Waals surface area contributed by atoms with Crippen LogP contribution in [0.2, 0.25) is 0 Å². The summed E-state index contributed by atoms with van der Waals surface area (Å²) in [6.45, 7) is 38.0. The van der Waals surface area contributed by atoms with Gasteiger partial charge in [0.25, 0.3) is 6.71 Å². The summed E-state index contributed by atoms with van der Waals surface area (Å²) >= 11 is 0. The van der Waals surface area contributed by atoms with Gasteiger partial charge < -0.3 is 19.1 Å². The fourth-order valence-electron chi connectivity index (χ4n) is 15.7. The first-order valence-electron chi connectivity index (χ1n) is 30.0. The fraction of sp³-hybridized carbons (Fsp3) is 0.299. The molecule has 2 aliphatic carbocycles. The molecule has 4 nitrogen and oxygen atoms in total. The molecule has 1 aromatic heterocycles. The second kappa shape index (κ2) is 17.4. The van der Waals surface area contributed by atoms with Gasteiger partial charge in [-0.05, 0) is 193 Å². The Morgan fingerprint density at radius 1 is 0.427 bits per heavy atom. The predicted octanol–water partition coefficient (Wildman–Crippen LogP) is 19.3. The average molecular weight is 1070 g/mol. The molecule has 0 saturated carbocycles. The van der Waals surface area contributed by atoms with Crippen molar-refractivity contribution in [2.24, 2.45) is 0 Å². The van der Waals surface area contributed by atoms with Crippen LogP contribution in [0.3, 0.4) is 0 Å². The van der Waals surface area contributed by atoms with E-state index < -0.39 is 0 Å². The van der Waals surface area contributed by atoms with Gasteiger partial charge in [-0.15, -0.1) is 0 Å². The molecular formula is C77H78BN3O. The van der Waals surface area contributed by atoms with E-state index in [1.54, 1.807) is 0 Å². The van der Waals surface area contributed by atoms with Crippen molar-refractivity contribution in [1.29, 1.82) is 0 Å². The van der Waals surface area contributed by atoms with Crippen LogP contribution < -0.4 is 31.1 Å². The van der Waals surface area contributed by atoms with Crippen LogP contribution in [0.15, 0.2) is 174 Å². The highest BCUT2D eigenvalue weighted by molar-refractivity contribution is 7.00.